The Balaban J connectivity index is 1.43. The van der Waals surface area contributed by atoms with Gasteiger partial charge in [-0.3, -0.25) is 10.1 Å². The van der Waals surface area contributed by atoms with Gasteiger partial charge in [0, 0.05) is 5.56 Å². The van der Waals surface area contributed by atoms with E-state index in [9.17, 15) is 4.79 Å². The van der Waals surface area contributed by atoms with Crippen LogP contribution in [0.2, 0.25) is 0 Å². The number of benzene rings is 2. The molecule has 2 aromatic carbocycles. The van der Waals surface area contributed by atoms with Gasteiger partial charge in [0.1, 0.15) is 19.0 Å². The third kappa shape index (κ3) is 3.75. The Labute approximate surface area is 161 Å². The van der Waals surface area contributed by atoms with E-state index in [2.05, 4.69) is 15.5 Å². The molecule has 0 unspecified atom stereocenters. The summed E-state index contributed by atoms with van der Waals surface area (Å²) in [5, 5.41) is 10.5. The van der Waals surface area contributed by atoms with Gasteiger partial charge >= 0.3 is 6.01 Å². The quantitative estimate of drug-likeness (QED) is 0.726. The Morgan fingerprint density at radius 1 is 1.11 bits per heavy atom. The van der Waals surface area contributed by atoms with E-state index in [4.69, 9.17) is 18.6 Å². The van der Waals surface area contributed by atoms with Crippen LogP contribution in [0.15, 0.2) is 40.8 Å². The first kappa shape index (κ1) is 17.8. The minimum atomic E-state index is -0.248. The van der Waals surface area contributed by atoms with Crippen LogP contribution in [0.1, 0.15) is 11.1 Å². The standard InChI is InChI=1S/C20H19N3O5/c1-12-9-13(3-5-15(12)25-2)10-18(24)21-20-23-22-19(28-20)14-4-6-16-17(11-14)27-8-7-26-16/h3-6,9,11H,7-8,10H2,1-2H3,(H,21,23,24). The van der Waals surface area contributed by atoms with Gasteiger partial charge < -0.3 is 18.6 Å². The molecule has 0 aliphatic carbocycles. The van der Waals surface area contributed by atoms with Gasteiger partial charge in [-0.1, -0.05) is 17.2 Å². The zero-order valence-electron chi connectivity index (χ0n) is 15.5. The van der Waals surface area contributed by atoms with E-state index < -0.39 is 0 Å². The Morgan fingerprint density at radius 3 is 2.71 bits per heavy atom. The minimum Gasteiger partial charge on any atom is -0.496 e. The molecular formula is C20H19N3O5. The highest BCUT2D eigenvalue weighted by Gasteiger charge is 2.16. The molecule has 0 saturated heterocycles. The molecule has 1 aromatic heterocycles. The van der Waals surface area contributed by atoms with Gasteiger partial charge in [0.05, 0.1) is 13.5 Å². The summed E-state index contributed by atoms with van der Waals surface area (Å²) in [5.41, 5.74) is 2.51. The molecule has 8 nitrogen and oxygen atoms in total. The van der Waals surface area contributed by atoms with Crippen LogP contribution in [0.4, 0.5) is 6.01 Å². The van der Waals surface area contributed by atoms with Gasteiger partial charge in [0.2, 0.25) is 11.8 Å². The summed E-state index contributed by atoms with van der Waals surface area (Å²) < 4.78 is 21.8. The van der Waals surface area contributed by atoms with Crippen LogP contribution in [0.5, 0.6) is 17.2 Å². The van der Waals surface area contributed by atoms with E-state index in [1.165, 1.54) is 0 Å². The van der Waals surface area contributed by atoms with Crippen molar-refractivity contribution in [2.75, 3.05) is 25.6 Å². The molecule has 28 heavy (non-hydrogen) atoms. The highest BCUT2D eigenvalue weighted by atomic mass is 16.6. The molecule has 0 spiro atoms. The molecule has 0 bridgehead atoms. The maximum absolute atomic E-state index is 12.3. The smallest absolute Gasteiger partial charge is 0.322 e. The molecule has 0 saturated carbocycles. The van der Waals surface area contributed by atoms with E-state index in [1.807, 2.05) is 25.1 Å². The van der Waals surface area contributed by atoms with Gasteiger partial charge in [-0.25, -0.2) is 0 Å². The third-order valence-corrected chi connectivity index (χ3v) is 4.28. The average Bonchev–Trinajstić information content (AvgIpc) is 3.16. The lowest BCUT2D eigenvalue weighted by Gasteiger charge is -2.18. The highest BCUT2D eigenvalue weighted by molar-refractivity contribution is 5.90. The number of nitrogens with one attached hydrogen (secondary N) is 1. The van der Waals surface area contributed by atoms with Crippen LogP contribution >= 0.6 is 0 Å². The summed E-state index contributed by atoms with van der Waals surface area (Å²) in [7, 11) is 1.61. The molecule has 1 aliphatic rings. The van der Waals surface area contributed by atoms with Crippen LogP contribution in [0.25, 0.3) is 11.5 Å². The Kier molecular flexibility index (Phi) is 4.84. The summed E-state index contributed by atoms with van der Waals surface area (Å²) >= 11 is 0. The van der Waals surface area contributed by atoms with Crippen LogP contribution < -0.4 is 19.5 Å². The summed E-state index contributed by atoms with van der Waals surface area (Å²) in [6.07, 6.45) is 0.187. The van der Waals surface area contributed by atoms with Gasteiger partial charge in [-0.05, 0) is 42.3 Å². The topological polar surface area (TPSA) is 95.7 Å². The number of methoxy groups -OCH3 is 1. The molecule has 1 aliphatic heterocycles. The first-order chi connectivity index (χ1) is 13.6. The number of hydrogen-bond acceptors (Lipinski definition) is 7. The average molecular weight is 381 g/mol. The predicted octanol–water partition coefficient (Wildman–Crippen LogP) is 3.01. The van der Waals surface area contributed by atoms with Crippen molar-refractivity contribution >= 4 is 11.9 Å². The highest BCUT2D eigenvalue weighted by Crippen LogP contribution is 2.34. The number of fused-ring (bicyclic) bond motifs is 1. The molecule has 1 amide bonds. The molecule has 1 N–H and O–H groups in total. The van der Waals surface area contributed by atoms with Crippen LogP contribution in [0, 0.1) is 6.92 Å². The predicted molar refractivity (Wildman–Crippen MR) is 101 cm³/mol. The number of hydrogen-bond donors (Lipinski definition) is 1. The van der Waals surface area contributed by atoms with E-state index in [0.717, 1.165) is 16.9 Å². The molecule has 8 heteroatoms. The van der Waals surface area contributed by atoms with Crippen molar-refractivity contribution in [1.29, 1.82) is 0 Å². The lowest BCUT2D eigenvalue weighted by atomic mass is 10.1. The van der Waals surface area contributed by atoms with Gasteiger partial charge in [-0.2, -0.15) is 0 Å². The van der Waals surface area contributed by atoms with Crippen LogP contribution in [-0.2, 0) is 11.2 Å². The van der Waals surface area contributed by atoms with Gasteiger partial charge in [-0.15, -0.1) is 5.10 Å². The first-order valence-corrected chi connectivity index (χ1v) is 8.79. The normalized spacial score (nSPS) is 12.5. The molecule has 0 atom stereocenters. The number of rotatable bonds is 5. The minimum absolute atomic E-state index is 0.0418. The van der Waals surface area contributed by atoms with Gasteiger partial charge in [0.15, 0.2) is 11.5 Å². The first-order valence-electron chi connectivity index (χ1n) is 8.79. The fourth-order valence-corrected chi connectivity index (χ4v) is 2.97. The zero-order valence-corrected chi connectivity index (χ0v) is 15.5. The number of anilines is 1. The van der Waals surface area contributed by atoms with E-state index in [0.29, 0.717) is 30.3 Å². The zero-order chi connectivity index (χ0) is 19.5. The number of aromatic nitrogens is 2. The second-order valence-corrected chi connectivity index (χ2v) is 6.30. The van der Waals surface area contributed by atoms with Crippen LogP contribution in [0.3, 0.4) is 0 Å². The summed E-state index contributed by atoms with van der Waals surface area (Å²) in [5.74, 6) is 2.12. The van der Waals surface area contributed by atoms with Crippen molar-refractivity contribution in [3.05, 3.63) is 47.5 Å². The molecule has 3 aromatic rings. The fourth-order valence-electron chi connectivity index (χ4n) is 2.97. The maximum atomic E-state index is 12.3. The monoisotopic (exact) mass is 381 g/mol. The lowest BCUT2D eigenvalue weighted by Crippen LogP contribution is -2.15. The fraction of sp³-hybridized carbons (Fsp3) is 0.250. The molecule has 2 heterocycles. The molecule has 0 fully saturated rings. The number of carbonyl (C=O) groups is 1. The van der Waals surface area contributed by atoms with E-state index in [1.54, 1.807) is 25.3 Å². The van der Waals surface area contributed by atoms with Crippen molar-refractivity contribution in [3.63, 3.8) is 0 Å². The van der Waals surface area contributed by atoms with E-state index in [-0.39, 0.29) is 24.2 Å². The molecule has 4 rings (SSSR count). The maximum Gasteiger partial charge on any atom is 0.322 e. The Bertz CT molecular complexity index is 1010. The van der Waals surface area contributed by atoms with Crippen molar-refractivity contribution in [2.24, 2.45) is 0 Å². The molecule has 0 radical (unpaired) electrons. The van der Waals surface area contributed by atoms with Crippen molar-refractivity contribution < 1.29 is 23.4 Å². The van der Waals surface area contributed by atoms with Crippen molar-refractivity contribution in [2.45, 2.75) is 13.3 Å². The van der Waals surface area contributed by atoms with E-state index >= 15 is 0 Å². The lowest BCUT2D eigenvalue weighted by molar-refractivity contribution is -0.115. The number of aryl methyl sites for hydroxylation is 1. The largest absolute Gasteiger partial charge is 0.496 e. The van der Waals surface area contributed by atoms with Gasteiger partial charge in [0.25, 0.3) is 0 Å². The summed E-state index contributed by atoms with van der Waals surface area (Å²) in [6.45, 7) is 2.95. The second-order valence-electron chi connectivity index (χ2n) is 6.30. The summed E-state index contributed by atoms with van der Waals surface area (Å²) in [6, 6.07) is 11.0. The SMILES string of the molecule is COc1ccc(CC(=O)Nc2nnc(-c3ccc4c(c3)OCCO4)o2)cc1C. The van der Waals surface area contributed by atoms with Crippen molar-refractivity contribution in [1.82, 2.24) is 10.2 Å². The molecular weight excluding hydrogens is 362 g/mol. The van der Waals surface area contributed by atoms with Crippen molar-refractivity contribution in [3.8, 4) is 28.7 Å². The Hall–Kier alpha value is -3.55. The number of amides is 1. The number of nitrogens with zero attached hydrogens (tertiary/aromatic N) is 2. The third-order valence-electron chi connectivity index (χ3n) is 4.28. The summed E-state index contributed by atoms with van der Waals surface area (Å²) in [4.78, 5) is 12.3. The number of carbonyl (C=O) groups excluding carboxylic acids is 1. The molecule has 144 valence electrons. The Morgan fingerprint density at radius 2 is 1.93 bits per heavy atom. The van der Waals surface area contributed by atoms with Crippen LogP contribution in [-0.4, -0.2) is 36.4 Å². The second kappa shape index (κ2) is 7.59. The number of ether oxygens (including phenoxy) is 3.